The SMILES string of the molecule is Cl.Nc1ccc(N=Nc2ccccc2)c(N)n1.O=c1c(O)c(-c2ccc(O)c(O)c2)oc2cc(O)cc(O)c12. The lowest BCUT2D eigenvalue weighted by Crippen LogP contribution is -2.02. The number of azo groups is 1. The summed E-state index contributed by atoms with van der Waals surface area (Å²) in [5.41, 5.74) is 11.5. The number of halogens is 1. The molecule has 13 heteroatoms. The highest BCUT2D eigenvalue weighted by atomic mass is 35.5. The standard InChI is InChI=1S/C15H10O7.C11H11N5.ClH/c16-7-4-10(19)12-11(5-7)22-15(14(21)13(12)20)6-1-2-8(17)9(18)3-6;12-10-7-6-9(11(13)14-10)16-15-8-4-2-1-3-5-8;/h1-5,16-19,21H;1-7H,(H4,12,13,14);1H. The van der Waals surface area contributed by atoms with Crippen LogP contribution < -0.4 is 16.9 Å². The summed E-state index contributed by atoms with van der Waals surface area (Å²) in [5.74, 6) is -2.07. The summed E-state index contributed by atoms with van der Waals surface area (Å²) in [4.78, 5) is 16.0. The van der Waals surface area contributed by atoms with Gasteiger partial charge < -0.3 is 41.4 Å². The fourth-order valence-electron chi connectivity index (χ4n) is 3.31. The number of benzene rings is 3. The molecule has 3 aromatic carbocycles. The van der Waals surface area contributed by atoms with Crippen LogP contribution in [0.2, 0.25) is 0 Å². The number of anilines is 2. The van der Waals surface area contributed by atoms with Crippen molar-refractivity contribution >= 4 is 46.4 Å². The second-order valence-corrected chi connectivity index (χ2v) is 7.83. The molecule has 200 valence electrons. The summed E-state index contributed by atoms with van der Waals surface area (Å²) >= 11 is 0. The van der Waals surface area contributed by atoms with Crippen LogP contribution in [-0.2, 0) is 0 Å². The Morgan fingerprint density at radius 1 is 0.769 bits per heavy atom. The highest BCUT2D eigenvalue weighted by molar-refractivity contribution is 5.88. The molecule has 12 nitrogen and oxygen atoms in total. The smallest absolute Gasteiger partial charge is 0.238 e. The second kappa shape index (κ2) is 11.7. The molecule has 39 heavy (non-hydrogen) atoms. The summed E-state index contributed by atoms with van der Waals surface area (Å²) < 4.78 is 5.35. The summed E-state index contributed by atoms with van der Waals surface area (Å²) in [6.07, 6.45) is 0. The van der Waals surface area contributed by atoms with E-state index in [0.29, 0.717) is 11.5 Å². The second-order valence-electron chi connectivity index (χ2n) is 7.83. The molecule has 5 rings (SSSR count). The van der Waals surface area contributed by atoms with Crippen LogP contribution in [0.3, 0.4) is 0 Å². The summed E-state index contributed by atoms with van der Waals surface area (Å²) in [7, 11) is 0. The van der Waals surface area contributed by atoms with Gasteiger partial charge in [0.2, 0.25) is 11.2 Å². The molecule has 2 aromatic heterocycles. The third kappa shape index (κ3) is 6.26. The van der Waals surface area contributed by atoms with E-state index in [1.165, 1.54) is 6.07 Å². The monoisotopic (exact) mass is 551 g/mol. The number of nitrogens with zero attached hydrogens (tertiary/aromatic N) is 3. The van der Waals surface area contributed by atoms with Crippen LogP contribution in [0.4, 0.5) is 23.0 Å². The Morgan fingerprint density at radius 2 is 1.49 bits per heavy atom. The highest BCUT2D eigenvalue weighted by Gasteiger charge is 2.19. The summed E-state index contributed by atoms with van der Waals surface area (Å²) in [6.45, 7) is 0. The zero-order valence-corrected chi connectivity index (χ0v) is 20.7. The fourth-order valence-corrected chi connectivity index (χ4v) is 3.31. The van der Waals surface area contributed by atoms with E-state index < -0.39 is 22.7 Å². The van der Waals surface area contributed by atoms with Gasteiger partial charge in [-0.2, -0.15) is 5.11 Å². The molecule has 0 saturated heterocycles. The average Bonchev–Trinajstić information content (AvgIpc) is 2.88. The van der Waals surface area contributed by atoms with Crippen molar-refractivity contribution < 1.29 is 29.9 Å². The number of nitrogens with two attached hydrogens (primary N) is 2. The van der Waals surface area contributed by atoms with Gasteiger partial charge in [-0.15, -0.1) is 17.5 Å². The molecule has 0 fully saturated rings. The van der Waals surface area contributed by atoms with Gasteiger partial charge in [0, 0.05) is 17.7 Å². The Balaban J connectivity index is 0.000000220. The van der Waals surface area contributed by atoms with Crippen molar-refractivity contribution in [1.29, 1.82) is 0 Å². The van der Waals surface area contributed by atoms with Gasteiger partial charge in [-0.3, -0.25) is 4.79 Å². The predicted molar refractivity (Wildman–Crippen MR) is 147 cm³/mol. The van der Waals surface area contributed by atoms with Crippen molar-refractivity contribution in [3.63, 3.8) is 0 Å². The summed E-state index contributed by atoms with van der Waals surface area (Å²) in [5, 5.41) is 55.7. The predicted octanol–water partition coefficient (Wildman–Crippen LogP) is 5.07. The average molecular weight is 552 g/mol. The molecule has 0 spiro atoms. The third-order valence-corrected chi connectivity index (χ3v) is 5.13. The Bertz CT molecular complexity index is 1730. The Kier molecular flexibility index (Phi) is 8.43. The normalized spacial score (nSPS) is 10.6. The minimum atomic E-state index is -0.888. The van der Waals surface area contributed by atoms with Crippen LogP contribution in [0.1, 0.15) is 0 Å². The molecule has 0 aliphatic carbocycles. The van der Waals surface area contributed by atoms with Gasteiger partial charge >= 0.3 is 0 Å². The van der Waals surface area contributed by atoms with Crippen LogP contribution in [0.15, 0.2) is 92.2 Å². The number of phenols is 4. The first-order chi connectivity index (χ1) is 18.1. The molecule has 0 amide bonds. The fraction of sp³-hybridized carbons (Fsp3) is 0. The van der Waals surface area contributed by atoms with E-state index in [0.717, 1.165) is 30.0 Å². The number of hydrogen-bond acceptors (Lipinski definition) is 12. The van der Waals surface area contributed by atoms with Gasteiger partial charge in [-0.05, 0) is 42.5 Å². The van der Waals surface area contributed by atoms with Crippen LogP contribution >= 0.6 is 12.4 Å². The van der Waals surface area contributed by atoms with Crippen LogP contribution in [0.25, 0.3) is 22.3 Å². The molecule has 0 unspecified atom stereocenters. The summed E-state index contributed by atoms with van der Waals surface area (Å²) in [6, 6.07) is 18.4. The zero-order valence-electron chi connectivity index (χ0n) is 19.9. The lowest BCUT2D eigenvalue weighted by molar-refractivity contribution is 0.403. The number of fused-ring (bicyclic) bond motifs is 1. The van der Waals surface area contributed by atoms with E-state index in [-0.39, 0.29) is 52.0 Å². The van der Waals surface area contributed by atoms with Crippen molar-refractivity contribution in [2.45, 2.75) is 0 Å². The van der Waals surface area contributed by atoms with E-state index in [1.807, 2.05) is 30.3 Å². The first kappa shape index (κ1) is 28.1. The number of nitrogen functional groups attached to an aromatic ring is 2. The molecule has 0 aliphatic rings. The lowest BCUT2D eigenvalue weighted by atomic mass is 10.1. The van der Waals surface area contributed by atoms with Crippen LogP contribution in [-0.4, -0.2) is 30.5 Å². The van der Waals surface area contributed by atoms with Crippen molar-refractivity contribution in [3.8, 4) is 40.1 Å². The Hall–Kier alpha value is -5.49. The minimum absolute atomic E-state index is 0. The van der Waals surface area contributed by atoms with E-state index in [9.17, 15) is 30.3 Å². The first-order valence-electron chi connectivity index (χ1n) is 10.9. The number of rotatable bonds is 3. The van der Waals surface area contributed by atoms with Crippen molar-refractivity contribution in [3.05, 3.63) is 83.0 Å². The molecule has 0 bridgehead atoms. The maximum Gasteiger partial charge on any atom is 0.238 e. The number of phenolic OH excluding ortho intramolecular Hbond substituents is 4. The molecule has 0 atom stereocenters. The van der Waals surface area contributed by atoms with E-state index in [2.05, 4.69) is 15.2 Å². The van der Waals surface area contributed by atoms with Crippen molar-refractivity contribution in [1.82, 2.24) is 4.98 Å². The molecule has 0 saturated carbocycles. The van der Waals surface area contributed by atoms with Gasteiger partial charge in [0.1, 0.15) is 34.0 Å². The first-order valence-corrected chi connectivity index (χ1v) is 10.9. The number of hydrogen-bond donors (Lipinski definition) is 7. The van der Waals surface area contributed by atoms with Gasteiger partial charge in [0.15, 0.2) is 23.1 Å². The quantitative estimate of drug-likeness (QED) is 0.116. The number of aromatic hydroxyl groups is 5. The van der Waals surface area contributed by atoms with Crippen molar-refractivity contribution in [2.24, 2.45) is 10.2 Å². The van der Waals surface area contributed by atoms with Crippen molar-refractivity contribution in [2.75, 3.05) is 11.5 Å². The van der Waals surface area contributed by atoms with Crippen LogP contribution in [0, 0.1) is 0 Å². The maximum absolute atomic E-state index is 12.1. The molecular weight excluding hydrogens is 530 g/mol. The van der Waals surface area contributed by atoms with Gasteiger partial charge in [0.05, 0.1) is 5.69 Å². The Labute approximate surface area is 226 Å². The third-order valence-electron chi connectivity index (χ3n) is 5.13. The maximum atomic E-state index is 12.1. The molecule has 9 N–H and O–H groups in total. The minimum Gasteiger partial charge on any atom is -0.508 e. The number of pyridine rings is 1. The molecule has 0 aliphatic heterocycles. The molecule has 2 heterocycles. The van der Waals surface area contributed by atoms with E-state index >= 15 is 0 Å². The molecule has 5 aromatic rings. The molecular formula is C26H22ClN5O7. The Morgan fingerprint density at radius 3 is 2.15 bits per heavy atom. The van der Waals surface area contributed by atoms with Crippen LogP contribution in [0.5, 0.6) is 28.7 Å². The van der Waals surface area contributed by atoms with E-state index in [4.69, 9.17) is 15.9 Å². The number of aromatic nitrogens is 1. The van der Waals surface area contributed by atoms with E-state index in [1.54, 1.807) is 12.1 Å². The van der Waals surface area contributed by atoms with Gasteiger partial charge in [-0.25, -0.2) is 4.98 Å². The van der Waals surface area contributed by atoms with Gasteiger partial charge in [-0.1, -0.05) is 18.2 Å². The zero-order chi connectivity index (χ0) is 27.4. The largest absolute Gasteiger partial charge is 0.508 e. The molecule has 0 radical (unpaired) electrons. The highest BCUT2D eigenvalue weighted by Crippen LogP contribution is 2.37. The lowest BCUT2D eigenvalue weighted by Gasteiger charge is -2.08. The van der Waals surface area contributed by atoms with Gasteiger partial charge in [0.25, 0.3) is 0 Å². The topological polar surface area (TPSA) is 221 Å².